The molecule has 0 rings (SSSR count). The molecule has 74 valence electrons. The maximum absolute atomic E-state index is 11.4. The Kier molecular flexibility index (Phi) is 7.04. The molecule has 0 aromatic carbocycles. The van der Waals surface area contributed by atoms with Crippen molar-refractivity contribution in [1.82, 2.24) is 10.2 Å². The number of hydrogen-bond acceptors (Lipinski definition) is 2. The largest absolute Gasteiger partial charge is 0.331 e. The van der Waals surface area contributed by atoms with E-state index in [4.69, 9.17) is 6.42 Å². The van der Waals surface area contributed by atoms with Crippen LogP contribution in [0.4, 0.5) is 0 Å². The van der Waals surface area contributed by atoms with Gasteiger partial charge in [-0.3, -0.25) is 4.79 Å². The summed E-state index contributed by atoms with van der Waals surface area (Å²) >= 11 is 0. The van der Waals surface area contributed by atoms with Crippen LogP contribution in [0.15, 0.2) is 0 Å². The fourth-order valence-corrected chi connectivity index (χ4v) is 0.970. The number of carbonyl (C=O) groups excluding carboxylic acids is 1. The smallest absolute Gasteiger partial charge is 0.237 e. The molecule has 3 nitrogen and oxygen atoms in total. The topological polar surface area (TPSA) is 32.3 Å². The summed E-state index contributed by atoms with van der Waals surface area (Å²) in [5.41, 5.74) is 0. The van der Waals surface area contributed by atoms with Crippen molar-refractivity contribution in [1.29, 1.82) is 0 Å². The maximum Gasteiger partial charge on any atom is 0.237 e. The van der Waals surface area contributed by atoms with Gasteiger partial charge in [-0.2, -0.15) is 0 Å². The van der Waals surface area contributed by atoms with Gasteiger partial charge >= 0.3 is 0 Å². The van der Waals surface area contributed by atoms with Gasteiger partial charge in [0.15, 0.2) is 0 Å². The zero-order chi connectivity index (χ0) is 10.1. The molecule has 0 aliphatic rings. The van der Waals surface area contributed by atoms with Crippen molar-refractivity contribution in [2.24, 2.45) is 0 Å². The van der Waals surface area contributed by atoms with E-state index in [1.807, 2.05) is 6.92 Å². The average molecular weight is 182 g/mol. The molecule has 0 aromatic heterocycles. The Morgan fingerprint density at radius 1 is 1.54 bits per heavy atom. The van der Waals surface area contributed by atoms with E-state index in [-0.39, 0.29) is 5.91 Å². The maximum atomic E-state index is 11.4. The molecule has 0 heterocycles. The summed E-state index contributed by atoms with van der Waals surface area (Å²) in [7, 11) is 0. The molecule has 0 saturated heterocycles. The van der Waals surface area contributed by atoms with Crippen molar-refractivity contribution in [3.05, 3.63) is 0 Å². The fourth-order valence-electron chi connectivity index (χ4n) is 0.970. The second-order valence-corrected chi connectivity index (χ2v) is 2.79. The van der Waals surface area contributed by atoms with E-state index in [0.29, 0.717) is 19.6 Å². The van der Waals surface area contributed by atoms with Crippen LogP contribution in [0, 0.1) is 12.3 Å². The number of rotatable bonds is 6. The molecule has 0 radical (unpaired) electrons. The van der Waals surface area contributed by atoms with Crippen LogP contribution in [0.5, 0.6) is 0 Å². The number of amides is 1. The highest BCUT2D eigenvalue weighted by molar-refractivity contribution is 5.78. The van der Waals surface area contributed by atoms with Gasteiger partial charge in [0.2, 0.25) is 5.91 Å². The van der Waals surface area contributed by atoms with Gasteiger partial charge in [0.05, 0.1) is 13.1 Å². The molecule has 13 heavy (non-hydrogen) atoms. The predicted molar refractivity (Wildman–Crippen MR) is 54.2 cm³/mol. The highest BCUT2D eigenvalue weighted by Crippen LogP contribution is 1.87. The van der Waals surface area contributed by atoms with E-state index in [0.717, 1.165) is 13.0 Å². The van der Waals surface area contributed by atoms with Crippen LogP contribution in [0.2, 0.25) is 0 Å². The number of likely N-dealkylation sites (N-methyl/N-ethyl adjacent to an activating group) is 1. The quantitative estimate of drug-likeness (QED) is 0.478. The first-order chi connectivity index (χ1) is 6.26. The third-order valence-corrected chi connectivity index (χ3v) is 1.72. The van der Waals surface area contributed by atoms with Crippen molar-refractivity contribution >= 4 is 5.91 Å². The Labute approximate surface area is 80.5 Å². The first-order valence-corrected chi connectivity index (χ1v) is 4.68. The summed E-state index contributed by atoms with van der Waals surface area (Å²) in [4.78, 5) is 13.1. The Hall–Kier alpha value is -1.01. The van der Waals surface area contributed by atoms with Gasteiger partial charge in [-0.1, -0.05) is 12.8 Å². The molecular weight excluding hydrogens is 164 g/mol. The van der Waals surface area contributed by atoms with E-state index in [1.165, 1.54) is 0 Å². The van der Waals surface area contributed by atoms with Crippen molar-refractivity contribution in [2.45, 2.75) is 20.3 Å². The Bertz CT molecular complexity index is 184. The standard InChI is InChI=1S/C10H18N2O/c1-4-7-11-9-10(13)12(6-3)8-5-2/h2,11H,4,6-9H2,1,3H3. The highest BCUT2D eigenvalue weighted by atomic mass is 16.2. The number of hydrogen-bond donors (Lipinski definition) is 1. The summed E-state index contributed by atoms with van der Waals surface area (Å²) in [6.07, 6.45) is 6.17. The molecule has 0 unspecified atom stereocenters. The third kappa shape index (κ3) is 5.26. The molecule has 0 saturated carbocycles. The normalized spacial score (nSPS) is 9.31. The second-order valence-electron chi connectivity index (χ2n) is 2.79. The number of nitrogens with zero attached hydrogens (tertiary/aromatic N) is 1. The van der Waals surface area contributed by atoms with Gasteiger partial charge in [0.25, 0.3) is 0 Å². The van der Waals surface area contributed by atoms with E-state index in [2.05, 4.69) is 18.2 Å². The van der Waals surface area contributed by atoms with Gasteiger partial charge in [-0.15, -0.1) is 6.42 Å². The third-order valence-electron chi connectivity index (χ3n) is 1.72. The number of nitrogens with one attached hydrogen (secondary N) is 1. The molecular formula is C10H18N2O. The number of carbonyl (C=O) groups is 1. The van der Waals surface area contributed by atoms with Crippen LogP contribution in [0.25, 0.3) is 0 Å². The first-order valence-electron chi connectivity index (χ1n) is 4.68. The summed E-state index contributed by atoms with van der Waals surface area (Å²) in [5, 5.41) is 3.05. The molecule has 0 aliphatic heterocycles. The molecule has 1 N–H and O–H groups in total. The SMILES string of the molecule is C#CCN(CC)C(=O)CNCCC. The predicted octanol–water partition coefficient (Wildman–Crippen LogP) is 0.468. The monoisotopic (exact) mass is 182 g/mol. The van der Waals surface area contributed by atoms with Crippen LogP contribution < -0.4 is 5.32 Å². The zero-order valence-electron chi connectivity index (χ0n) is 8.47. The van der Waals surface area contributed by atoms with E-state index < -0.39 is 0 Å². The lowest BCUT2D eigenvalue weighted by molar-refractivity contribution is -0.129. The Morgan fingerprint density at radius 2 is 2.23 bits per heavy atom. The number of terminal acetylenes is 1. The van der Waals surface area contributed by atoms with Gasteiger partial charge in [0.1, 0.15) is 0 Å². The van der Waals surface area contributed by atoms with Crippen molar-refractivity contribution < 1.29 is 4.79 Å². The van der Waals surface area contributed by atoms with Crippen molar-refractivity contribution in [2.75, 3.05) is 26.2 Å². The molecule has 3 heteroatoms. The minimum Gasteiger partial charge on any atom is -0.331 e. The van der Waals surface area contributed by atoms with Crippen molar-refractivity contribution in [3.63, 3.8) is 0 Å². The molecule has 1 amide bonds. The lowest BCUT2D eigenvalue weighted by Crippen LogP contribution is -2.38. The minimum absolute atomic E-state index is 0.0777. The van der Waals surface area contributed by atoms with Crippen LogP contribution in [-0.2, 0) is 4.79 Å². The molecule has 0 fully saturated rings. The zero-order valence-corrected chi connectivity index (χ0v) is 8.47. The summed E-state index contributed by atoms with van der Waals surface area (Å²) in [6.45, 7) is 6.34. The highest BCUT2D eigenvalue weighted by Gasteiger charge is 2.08. The summed E-state index contributed by atoms with van der Waals surface area (Å²) in [6, 6.07) is 0. The van der Waals surface area contributed by atoms with Gasteiger partial charge in [-0.25, -0.2) is 0 Å². The Balaban J connectivity index is 3.72. The molecule has 0 spiro atoms. The van der Waals surface area contributed by atoms with Gasteiger partial charge in [0, 0.05) is 6.54 Å². The lowest BCUT2D eigenvalue weighted by Gasteiger charge is -2.17. The van der Waals surface area contributed by atoms with Gasteiger partial charge in [-0.05, 0) is 19.9 Å². The van der Waals surface area contributed by atoms with E-state index in [1.54, 1.807) is 4.90 Å². The van der Waals surface area contributed by atoms with Crippen molar-refractivity contribution in [3.8, 4) is 12.3 Å². The van der Waals surface area contributed by atoms with E-state index in [9.17, 15) is 4.79 Å². The summed E-state index contributed by atoms with van der Waals surface area (Å²) < 4.78 is 0. The van der Waals surface area contributed by atoms with E-state index >= 15 is 0 Å². The average Bonchev–Trinajstić information content (AvgIpc) is 2.14. The first kappa shape index (κ1) is 12.0. The fraction of sp³-hybridized carbons (Fsp3) is 0.700. The molecule has 0 atom stereocenters. The van der Waals surface area contributed by atoms with Crippen LogP contribution >= 0.6 is 0 Å². The summed E-state index contributed by atoms with van der Waals surface area (Å²) in [5.74, 6) is 2.55. The lowest BCUT2D eigenvalue weighted by atomic mass is 10.4. The van der Waals surface area contributed by atoms with Crippen LogP contribution in [0.1, 0.15) is 20.3 Å². The minimum atomic E-state index is 0.0777. The molecule has 0 bridgehead atoms. The molecule has 0 aliphatic carbocycles. The van der Waals surface area contributed by atoms with Crippen LogP contribution in [0.3, 0.4) is 0 Å². The van der Waals surface area contributed by atoms with Gasteiger partial charge < -0.3 is 10.2 Å². The Morgan fingerprint density at radius 3 is 2.69 bits per heavy atom. The second kappa shape index (κ2) is 7.63. The van der Waals surface area contributed by atoms with Crippen LogP contribution in [-0.4, -0.2) is 37.0 Å². The molecule has 0 aromatic rings.